The van der Waals surface area contributed by atoms with Crippen molar-refractivity contribution in [2.24, 2.45) is 0 Å². The Balaban J connectivity index is 2.61. The van der Waals surface area contributed by atoms with Gasteiger partial charge >= 0.3 is 0 Å². The fourth-order valence-corrected chi connectivity index (χ4v) is 2.66. The summed E-state index contributed by atoms with van der Waals surface area (Å²) in [5.74, 6) is 0. The summed E-state index contributed by atoms with van der Waals surface area (Å²) < 4.78 is 0. The van der Waals surface area contributed by atoms with Crippen LogP contribution in [0.15, 0.2) is 0 Å². The van der Waals surface area contributed by atoms with Gasteiger partial charge in [0.05, 0.1) is 5.60 Å². The minimum absolute atomic E-state index is 0.466. The van der Waals surface area contributed by atoms with Gasteiger partial charge < -0.3 is 5.11 Å². The van der Waals surface area contributed by atoms with E-state index >= 15 is 0 Å². The Morgan fingerprint density at radius 3 is 2.27 bits per heavy atom. The van der Waals surface area contributed by atoms with E-state index in [0.717, 1.165) is 19.4 Å². The Morgan fingerprint density at radius 2 is 1.80 bits per heavy atom. The molecule has 0 amide bonds. The molecular formula is C13H27NO. The van der Waals surface area contributed by atoms with E-state index in [0.29, 0.717) is 12.1 Å². The molecule has 2 atom stereocenters. The highest BCUT2D eigenvalue weighted by Gasteiger charge is 2.35. The lowest BCUT2D eigenvalue weighted by molar-refractivity contribution is -0.0159. The minimum atomic E-state index is -0.466. The lowest BCUT2D eigenvalue weighted by atomic mass is 9.96. The third-order valence-electron chi connectivity index (χ3n) is 4.22. The summed E-state index contributed by atoms with van der Waals surface area (Å²) in [6.45, 7) is 9.59. The average molecular weight is 213 g/mol. The number of β-amino-alcohol motifs (C(OH)–C–C–N with tert-alkyl or cyclic N) is 1. The van der Waals surface area contributed by atoms with Crippen molar-refractivity contribution in [2.75, 3.05) is 6.54 Å². The molecule has 0 aromatic rings. The van der Waals surface area contributed by atoms with Gasteiger partial charge in [-0.15, -0.1) is 0 Å². The van der Waals surface area contributed by atoms with Crippen molar-refractivity contribution in [2.45, 2.75) is 77.5 Å². The number of nitrogens with zero attached hydrogens (tertiary/aromatic N) is 1. The summed E-state index contributed by atoms with van der Waals surface area (Å²) in [6.07, 6.45) is 5.54. The lowest BCUT2D eigenvalue weighted by Gasteiger charge is -2.36. The first kappa shape index (κ1) is 13.0. The smallest absolute Gasteiger partial charge is 0.0769 e. The molecule has 2 nitrogen and oxygen atoms in total. The van der Waals surface area contributed by atoms with Crippen LogP contribution in [-0.2, 0) is 0 Å². The summed E-state index contributed by atoms with van der Waals surface area (Å²) in [5, 5.41) is 10.4. The Morgan fingerprint density at radius 1 is 1.20 bits per heavy atom. The van der Waals surface area contributed by atoms with Crippen molar-refractivity contribution in [3.63, 3.8) is 0 Å². The van der Waals surface area contributed by atoms with E-state index in [-0.39, 0.29) is 0 Å². The number of rotatable bonds is 5. The summed E-state index contributed by atoms with van der Waals surface area (Å²) in [5.41, 5.74) is -0.466. The zero-order valence-electron chi connectivity index (χ0n) is 10.8. The topological polar surface area (TPSA) is 23.5 Å². The van der Waals surface area contributed by atoms with Gasteiger partial charge in [-0.3, -0.25) is 4.90 Å². The lowest BCUT2D eigenvalue weighted by Crippen LogP contribution is -2.46. The predicted molar refractivity (Wildman–Crippen MR) is 65.0 cm³/mol. The molecule has 1 saturated heterocycles. The molecule has 2 unspecified atom stereocenters. The summed E-state index contributed by atoms with van der Waals surface area (Å²) >= 11 is 0. The number of hydrogen-bond donors (Lipinski definition) is 1. The molecule has 0 aliphatic carbocycles. The summed E-state index contributed by atoms with van der Waals surface area (Å²) in [4.78, 5) is 2.52. The molecule has 1 aliphatic rings. The molecule has 15 heavy (non-hydrogen) atoms. The van der Waals surface area contributed by atoms with Crippen LogP contribution in [0.3, 0.4) is 0 Å². The third-order valence-corrected chi connectivity index (χ3v) is 4.22. The highest BCUT2D eigenvalue weighted by molar-refractivity contribution is 4.90. The monoisotopic (exact) mass is 213 g/mol. The van der Waals surface area contributed by atoms with Gasteiger partial charge in [0.1, 0.15) is 0 Å². The number of likely N-dealkylation sites (tertiary alicyclic amines) is 1. The van der Waals surface area contributed by atoms with Crippen LogP contribution >= 0.6 is 0 Å². The van der Waals surface area contributed by atoms with Gasteiger partial charge in [-0.05, 0) is 39.0 Å². The quantitative estimate of drug-likeness (QED) is 0.759. The van der Waals surface area contributed by atoms with Gasteiger partial charge in [-0.1, -0.05) is 20.8 Å². The maximum absolute atomic E-state index is 10.4. The highest BCUT2D eigenvalue weighted by atomic mass is 16.3. The Bertz CT molecular complexity index is 189. The first-order chi connectivity index (χ1) is 7.06. The molecule has 90 valence electrons. The molecule has 1 rings (SSSR count). The van der Waals surface area contributed by atoms with Crippen LogP contribution in [0.4, 0.5) is 0 Å². The first-order valence-electron chi connectivity index (χ1n) is 6.54. The van der Waals surface area contributed by atoms with E-state index in [1.807, 2.05) is 0 Å². The fourth-order valence-electron chi connectivity index (χ4n) is 2.66. The average Bonchev–Trinajstić information content (AvgIpc) is 2.60. The van der Waals surface area contributed by atoms with Gasteiger partial charge in [0.2, 0.25) is 0 Å². The standard InChI is InChI=1S/C13H27NO/c1-5-12-9-8-11(4)14(12)10-13(15,6-2)7-3/h11-12,15H,5-10H2,1-4H3. The van der Waals surface area contributed by atoms with Gasteiger partial charge in [0, 0.05) is 18.6 Å². The SMILES string of the molecule is CCC1CCC(C)N1CC(O)(CC)CC. The molecule has 2 heteroatoms. The van der Waals surface area contributed by atoms with Gasteiger partial charge in [0.25, 0.3) is 0 Å². The molecule has 1 aliphatic heterocycles. The van der Waals surface area contributed by atoms with Crippen LogP contribution in [0.2, 0.25) is 0 Å². The number of hydrogen-bond acceptors (Lipinski definition) is 2. The van der Waals surface area contributed by atoms with Crippen molar-refractivity contribution in [3.8, 4) is 0 Å². The molecule has 0 spiro atoms. The van der Waals surface area contributed by atoms with E-state index in [1.165, 1.54) is 19.3 Å². The summed E-state index contributed by atoms with van der Waals surface area (Å²) in [6, 6.07) is 1.35. The second kappa shape index (κ2) is 5.31. The molecule has 0 radical (unpaired) electrons. The maximum Gasteiger partial charge on any atom is 0.0769 e. The highest BCUT2D eigenvalue weighted by Crippen LogP contribution is 2.29. The molecule has 0 aromatic carbocycles. The van der Waals surface area contributed by atoms with Crippen LogP contribution in [0.5, 0.6) is 0 Å². The molecule has 1 heterocycles. The Hall–Kier alpha value is -0.0800. The molecule has 0 saturated carbocycles. The van der Waals surface area contributed by atoms with Gasteiger partial charge in [-0.2, -0.15) is 0 Å². The van der Waals surface area contributed by atoms with Crippen LogP contribution in [0.25, 0.3) is 0 Å². The second-order valence-electron chi connectivity index (χ2n) is 5.09. The zero-order chi connectivity index (χ0) is 11.5. The number of aliphatic hydroxyl groups is 1. The fraction of sp³-hybridized carbons (Fsp3) is 1.00. The van der Waals surface area contributed by atoms with E-state index < -0.39 is 5.60 Å². The minimum Gasteiger partial charge on any atom is -0.389 e. The molecule has 1 fully saturated rings. The third kappa shape index (κ3) is 2.94. The van der Waals surface area contributed by atoms with Gasteiger partial charge in [0.15, 0.2) is 0 Å². The molecule has 0 bridgehead atoms. The Kier molecular flexibility index (Phi) is 4.60. The predicted octanol–water partition coefficient (Wildman–Crippen LogP) is 2.80. The summed E-state index contributed by atoms with van der Waals surface area (Å²) in [7, 11) is 0. The maximum atomic E-state index is 10.4. The second-order valence-corrected chi connectivity index (χ2v) is 5.09. The van der Waals surface area contributed by atoms with E-state index in [1.54, 1.807) is 0 Å². The largest absolute Gasteiger partial charge is 0.389 e. The van der Waals surface area contributed by atoms with E-state index in [2.05, 4.69) is 32.6 Å². The molecule has 1 N–H and O–H groups in total. The van der Waals surface area contributed by atoms with Crippen molar-refractivity contribution in [3.05, 3.63) is 0 Å². The molecular weight excluding hydrogens is 186 g/mol. The van der Waals surface area contributed by atoms with Crippen LogP contribution in [-0.4, -0.2) is 34.2 Å². The zero-order valence-corrected chi connectivity index (χ0v) is 10.8. The van der Waals surface area contributed by atoms with Crippen LogP contribution in [0, 0.1) is 0 Å². The van der Waals surface area contributed by atoms with E-state index in [9.17, 15) is 5.11 Å². The van der Waals surface area contributed by atoms with Crippen molar-refractivity contribution in [1.82, 2.24) is 4.90 Å². The Labute approximate surface area is 94.7 Å². The normalized spacial score (nSPS) is 28.6. The first-order valence-corrected chi connectivity index (χ1v) is 6.54. The van der Waals surface area contributed by atoms with E-state index in [4.69, 9.17) is 0 Å². The van der Waals surface area contributed by atoms with Gasteiger partial charge in [-0.25, -0.2) is 0 Å². The van der Waals surface area contributed by atoms with Crippen molar-refractivity contribution < 1.29 is 5.11 Å². The van der Waals surface area contributed by atoms with Crippen LogP contribution in [0.1, 0.15) is 59.8 Å². The van der Waals surface area contributed by atoms with Crippen molar-refractivity contribution >= 4 is 0 Å². The van der Waals surface area contributed by atoms with Crippen LogP contribution < -0.4 is 0 Å². The molecule has 0 aromatic heterocycles. The van der Waals surface area contributed by atoms with Crippen molar-refractivity contribution in [1.29, 1.82) is 0 Å².